The normalized spacial score (nSPS) is 10.2. The second-order valence-electron chi connectivity index (χ2n) is 4.49. The van der Waals surface area contributed by atoms with Gasteiger partial charge in [0.15, 0.2) is 0 Å². The van der Waals surface area contributed by atoms with Crippen LogP contribution in [0.5, 0.6) is 0 Å². The summed E-state index contributed by atoms with van der Waals surface area (Å²) in [6, 6.07) is 13.1. The fraction of sp³-hybridized carbons (Fsp3) is 0.200. The number of carbonyl (C=O) groups is 1. The monoisotopic (exact) mass is 323 g/mol. The van der Waals surface area contributed by atoms with Gasteiger partial charge < -0.3 is 10.2 Å². The van der Waals surface area contributed by atoms with Crippen molar-refractivity contribution in [1.29, 1.82) is 0 Å². The number of hydrogen-bond donors (Lipinski definition) is 1. The lowest BCUT2D eigenvalue weighted by Gasteiger charge is -2.19. The van der Waals surface area contributed by atoms with E-state index in [4.69, 9.17) is 23.2 Å². The van der Waals surface area contributed by atoms with Crippen molar-refractivity contribution in [2.24, 2.45) is 0 Å². The van der Waals surface area contributed by atoms with Gasteiger partial charge >= 0.3 is 0 Å². The molecule has 0 spiro atoms. The number of carbonyl (C=O) groups excluding carboxylic acids is 1. The van der Waals surface area contributed by atoms with Gasteiger partial charge in [0.1, 0.15) is 10.3 Å². The number of hydrogen-bond acceptors (Lipinski definition) is 3. The van der Waals surface area contributed by atoms with Crippen molar-refractivity contribution < 1.29 is 4.79 Å². The van der Waals surface area contributed by atoms with E-state index in [1.807, 2.05) is 37.4 Å². The standard InChI is InChI=1S/C15H15Cl2N3O/c1-20(11-5-3-2-4-6-11)10-9-18-15(21)12-7-8-13(16)19-14(12)17/h2-8H,9-10H2,1H3,(H,18,21). The summed E-state index contributed by atoms with van der Waals surface area (Å²) in [6.07, 6.45) is 0. The predicted molar refractivity (Wildman–Crippen MR) is 86.3 cm³/mol. The highest BCUT2D eigenvalue weighted by Crippen LogP contribution is 2.16. The van der Waals surface area contributed by atoms with Crippen molar-refractivity contribution in [2.75, 3.05) is 25.0 Å². The molecule has 0 aliphatic heterocycles. The van der Waals surface area contributed by atoms with Gasteiger partial charge in [-0.2, -0.15) is 0 Å². The number of rotatable bonds is 5. The van der Waals surface area contributed by atoms with Crippen molar-refractivity contribution >= 4 is 34.8 Å². The van der Waals surface area contributed by atoms with E-state index in [1.54, 1.807) is 12.1 Å². The van der Waals surface area contributed by atoms with E-state index < -0.39 is 0 Å². The van der Waals surface area contributed by atoms with Gasteiger partial charge in [-0.3, -0.25) is 4.79 Å². The highest BCUT2D eigenvalue weighted by atomic mass is 35.5. The summed E-state index contributed by atoms with van der Waals surface area (Å²) in [7, 11) is 1.97. The Balaban J connectivity index is 1.87. The van der Waals surface area contributed by atoms with Gasteiger partial charge in [0.25, 0.3) is 5.91 Å². The summed E-state index contributed by atoms with van der Waals surface area (Å²) in [5, 5.41) is 3.18. The number of para-hydroxylation sites is 1. The topological polar surface area (TPSA) is 45.2 Å². The first kappa shape index (κ1) is 15.6. The number of benzene rings is 1. The van der Waals surface area contributed by atoms with E-state index in [0.29, 0.717) is 18.7 Å². The first-order valence-corrected chi connectivity index (χ1v) is 7.20. The lowest BCUT2D eigenvalue weighted by Crippen LogP contribution is -2.33. The fourth-order valence-corrected chi connectivity index (χ4v) is 2.26. The molecule has 2 aromatic rings. The maximum Gasteiger partial charge on any atom is 0.254 e. The summed E-state index contributed by atoms with van der Waals surface area (Å²) in [6.45, 7) is 1.19. The van der Waals surface area contributed by atoms with Gasteiger partial charge in [-0.05, 0) is 24.3 Å². The molecule has 0 aliphatic rings. The Morgan fingerprint density at radius 1 is 1.19 bits per heavy atom. The van der Waals surface area contributed by atoms with Crippen LogP contribution in [-0.4, -0.2) is 31.0 Å². The maximum atomic E-state index is 12.0. The Bertz CT molecular complexity index is 620. The van der Waals surface area contributed by atoms with Crippen molar-refractivity contribution in [3.05, 3.63) is 58.3 Å². The molecule has 110 valence electrons. The van der Waals surface area contributed by atoms with Crippen molar-refractivity contribution in [2.45, 2.75) is 0 Å². The summed E-state index contributed by atoms with van der Waals surface area (Å²) in [5.74, 6) is -0.259. The number of amides is 1. The number of nitrogens with zero attached hydrogens (tertiary/aromatic N) is 2. The average molecular weight is 324 g/mol. The van der Waals surface area contributed by atoms with Gasteiger partial charge in [0.05, 0.1) is 5.56 Å². The third-order valence-corrected chi connectivity index (χ3v) is 3.49. The van der Waals surface area contributed by atoms with Crippen LogP contribution in [0.25, 0.3) is 0 Å². The van der Waals surface area contributed by atoms with Crippen molar-refractivity contribution in [1.82, 2.24) is 10.3 Å². The molecule has 0 fully saturated rings. The van der Waals surface area contributed by atoms with Crippen LogP contribution < -0.4 is 10.2 Å². The lowest BCUT2D eigenvalue weighted by molar-refractivity contribution is 0.0954. The van der Waals surface area contributed by atoms with Crippen LogP contribution in [0, 0.1) is 0 Å². The molecule has 0 aliphatic carbocycles. The minimum atomic E-state index is -0.259. The molecule has 0 saturated carbocycles. The number of pyridine rings is 1. The van der Waals surface area contributed by atoms with Crippen LogP contribution in [0.2, 0.25) is 10.3 Å². The molecule has 21 heavy (non-hydrogen) atoms. The molecule has 0 unspecified atom stereocenters. The fourth-order valence-electron chi connectivity index (χ4n) is 1.83. The molecule has 1 amide bonds. The first-order valence-electron chi connectivity index (χ1n) is 6.44. The lowest BCUT2D eigenvalue weighted by atomic mass is 10.2. The average Bonchev–Trinajstić information content (AvgIpc) is 2.47. The zero-order valence-electron chi connectivity index (χ0n) is 11.5. The first-order chi connectivity index (χ1) is 10.1. The third-order valence-electron chi connectivity index (χ3n) is 2.99. The van der Waals surface area contributed by atoms with Gasteiger partial charge in [-0.25, -0.2) is 4.98 Å². The van der Waals surface area contributed by atoms with Crippen LogP contribution in [0.4, 0.5) is 5.69 Å². The molecule has 1 aromatic carbocycles. The molecule has 4 nitrogen and oxygen atoms in total. The van der Waals surface area contributed by atoms with E-state index in [0.717, 1.165) is 5.69 Å². The largest absolute Gasteiger partial charge is 0.373 e. The Kier molecular flexibility index (Phi) is 5.42. The number of likely N-dealkylation sites (N-methyl/N-ethyl adjacent to an activating group) is 1. The van der Waals surface area contributed by atoms with Gasteiger partial charge in [-0.1, -0.05) is 41.4 Å². The van der Waals surface area contributed by atoms with Gasteiger partial charge in [0.2, 0.25) is 0 Å². The number of nitrogens with one attached hydrogen (secondary N) is 1. The van der Waals surface area contributed by atoms with Crippen molar-refractivity contribution in [3.8, 4) is 0 Å². The number of anilines is 1. The summed E-state index contributed by atoms with van der Waals surface area (Å²) < 4.78 is 0. The SMILES string of the molecule is CN(CCNC(=O)c1ccc(Cl)nc1Cl)c1ccccc1. The molecule has 0 radical (unpaired) electrons. The van der Waals surface area contributed by atoms with Crippen LogP contribution in [0.3, 0.4) is 0 Å². The molecule has 6 heteroatoms. The molecule has 2 rings (SSSR count). The Hall–Kier alpha value is -1.78. The second kappa shape index (κ2) is 7.29. The van der Waals surface area contributed by atoms with Crippen LogP contribution in [0.1, 0.15) is 10.4 Å². The Morgan fingerprint density at radius 3 is 2.57 bits per heavy atom. The summed E-state index contributed by atoms with van der Waals surface area (Å²) in [4.78, 5) is 17.9. The van der Waals surface area contributed by atoms with E-state index >= 15 is 0 Å². The number of aromatic nitrogens is 1. The smallest absolute Gasteiger partial charge is 0.254 e. The van der Waals surface area contributed by atoms with Crippen molar-refractivity contribution in [3.63, 3.8) is 0 Å². The van der Waals surface area contributed by atoms with Crippen LogP contribution in [-0.2, 0) is 0 Å². The summed E-state index contributed by atoms with van der Waals surface area (Å²) in [5.41, 5.74) is 1.42. The van der Waals surface area contributed by atoms with E-state index in [-0.39, 0.29) is 16.2 Å². The van der Waals surface area contributed by atoms with Gasteiger partial charge in [0, 0.05) is 25.8 Å². The molecule has 0 atom stereocenters. The Morgan fingerprint density at radius 2 is 1.90 bits per heavy atom. The minimum absolute atomic E-state index is 0.108. The molecular formula is C15H15Cl2N3O. The zero-order valence-corrected chi connectivity index (χ0v) is 13.0. The summed E-state index contributed by atoms with van der Waals surface area (Å²) >= 11 is 11.6. The highest BCUT2D eigenvalue weighted by Gasteiger charge is 2.11. The highest BCUT2D eigenvalue weighted by molar-refractivity contribution is 6.34. The molecule has 1 aromatic heterocycles. The maximum absolute atomic E-state index is 12.0. The van der Waals surface area contributed by atoms with E-state index in [9.17, 15) is 4.79 Å². The molecule has 1 N–H and O–H groups in total. The molecular weight excluding hydrogens is 309 g/mol. The predicted octanol–water partition coefficient (Wildman–Crippen LogP) is 3.25. The molecule has 1 heterocycles. The van der Waals surface area contributed by atoms with Crippen LogP contribution >= 0.6 is 23.2 Å². The number of halogens is 2. The third kappa shape index (κ3) is 4.34. The molecule has 0 saturated heterocycles. The van der Waals surface area contributed by atoms with Crippen LogP contribution in [0.15, 0.2) is 42.5 Å². The minimum Gasteiger partial charge on any atom is -0.373 e. The van der Waals surface area contributed by atoms with Gasteiger partial charge in [-0.15, -0.1) is 0 Å². The van der Waals surface area contributed by atoms with E-state index in [2.05, 4.69) is 15.2 Å². The Labute approximate surface area is 133 Å². The second-order valence-corrected chi connectivity index (χ2v) is 5.23. The zero-order chi connectivity index (χ0) is 15.2. The van der Waals surface area contributed by atoms with E-state index in [1.165, 1.54) is 0 Å². The molecule has 0 bridgehead atoms. The quantitative estimate of drug-likeness (QED) is 0.859.